The zero-order valence-electron chi connectivity index (χ0n) is 13.4. The smallest absolute Gasteiger partial charge is 0.119 e. The molecular formula is C18H25N3O. The number of benzene rings is 1. The van der Waals surface area contributed by atoms with Gasteiger partial charge in [0.2, 0.25) is 0 Å². The molecule has 1 aromatic carbocycles. The average molecular weight is 299 g/mol. The highest BCUT2D eigenvalue weighted by atomic mass is 16.5. The Morgan fingerprint density at radius 3 is 2.41 bits per heavy atom. The van der Waals surface area contributed by atoms with Crippen molar-refractivity contribution in [3.63, 3.8) is 0 Å². The second-order valence-corrected chi connectivity index (χ2v) is 5.34. The van der Waals surface area contributed by atoms with Gasteiger partial charge in [-0.05, 0) is 55.8 Å². The molecule has 4 heteroatoms. The highest BCUT2D eigenvalue weighted by Gasteiger charge is 2.15. The van der Waals surface area contributed by atoms with Gasteiger partial charge in [0.05, 0.1) is 6.61 Å². The maximum Gasteiger partial charge on any atom is 0.119 e. The van der Waals surface area contributed by atoms with Gasteiger partial charge in [0.1, 0.15) is 5.75 Å². The number of nitrogens with two attached hydrogens (primary N) is 1. The highest BCUT2D eigenvalue weighted by Crippen LogP contribution is 2.21. The summed E-state index contributed by atoms with van der Waals surface area (Å²) in [6, 6.07) is 12.6. The van der Waals surface area contributed by atoms with Crippen molar-refractivity contribution in [3.8, 4) is 5.75 Å². The summed E-state index contributed by atoms with van der Waals surface area (Å²) < 4.78 is 5.49. The highest BCUT2D eigenvalue weighted by molar-refractivity contribution is 5.29. The Balaban J connectivity index is 1.97. The van der Waals surface area contributed by atoms with Crippen molar-refractivity contribution in [2.45, 2.75) is 19.4 Å². The molecule has 2 rings (SSSR count). The maximum absolute atomic E-state index is 5.99. The van der Waals surface area contributed by atoms with Gasteiger partial charge in [-0.15, -0.1) is 0 Å². The molecule has 4 nitrogen and oxygen atoms in total. The van der Waals surface area contributed by atoms with Gasteiger partial charge < -0.3 is 10.5 Å². The number of hydrogen-bond acceptors (Lipinski definition) is 4. The van der Waals surface area contributed by atoms with Gasteiger partial charge in [-0.1, -0.05) is 12.1 Å². The van der Waals surface area contributed by atoms with E-state index in [9.17, 15) is 0 Å². The number of ether oxygens (including phenoxy) is 1. The van der Waals surface area contributed by atoms with Crippen LogP contribution in [0.15, 0.2) is 48.8 Å². The first-order valence-electron chi connectivity index (χ1n) is 7.76. The van der Waals surface area contributed by atoms with Gasteiger partial charge in [0, 0.05) is 31.5 Å². The van der Waals surface area contributed by atoms with Crippen LogP contribution in [-0.4, -0.2) is 36.6 Å². The quantitative estimate of drug-likeness (QED) is 0.814. The van der Waals surface area contributed by atoms with E-state index in [1.807, 2.05) is 31.5 Å². The molecule has 0 aliphatic carbocycles. The van der Waals surface area contributed by atoms with Crippen LogP contribution in [0.5, 0.6) is 5.75 Å². The predicted molar refractivity (Wildman–Crippen MR) is 90.0 cm³/mol. The van der Waals surface area contributed by atoms with Crippen LogP contribution in [-0.2, 0) is 6.42 Å². The minimum Gasteiger partial charge on any atom is -0.494 e. The zero-order valence-corrected chi connectivity index (χ0v) is 13.4. The van der Waals surface area contributed by atoms with Crippen molar-refractivity contribution in [1.82, 2.24) is 9.88 Å². The molecule has 0 radical (unpaired) electrons. The Labute approximate surface area is 132 Å². The van der Waals surface area contributed by atoms with E-state index in [1.165, 1.54) is 11.1 Å². The van der Waals surface area contributed by atoms with Crippen molar-refractivity contribution >= 4 is 0 Å². The minimum atomic E-state index is 0.220. The first kappa shape index (κ1) is 16.5. The largest absolute Gasteiger partial charge is 0.494 e. The normalized spacial score (nSPS) is 12.4. The van der Waals surface area contributed by atoms with Crippen molar-refractivity contribution in [2.75, 3.05) is 26.7 Å². The lowest BCUT2D eigenvalue weighted by molar-refractivity contribution is 0.253. The minimum absolute atomic E-state index is 0.220. The number of pyridine rings is 1. The summed E-state index contributed by atoms with van der Waals surface area (Å²) in [4.78, 5) is 6.35. The molecule has 0 saturated carbocycles. The summed E-state index contributed by atoms with van der Waals surface area (Å²) in [5, 5.41) is 0. The number of rotatable bonds is 8. The second-order valence-electron chi connectivity index (χ2n) is 5.34. The molecule has 0 fully saturated rings. The van der Waals surface area contributed by atoms with Crippen LogP contribution in [0.2, 0.25) is 0 Å². The molecule has 118 valence electrons. The number of aromatic nitrogens is 1. The Hall–Kier alpha value is -1.91. The van der Waals surface area contributed by atoms with Crippen LogP contribution >= 0.6 is 0 Å². The first-order chi connectivity index (χ1) is 10.7. The zero-order chi connectivity index (χ0) is 15.8. The summed E-state index contributed by atoms with van der Waals surface area (Å²) in [6.07, 6.45) is 4.66. The van der Waals surface area contributed by atoms with Gasteiger partial charge in [0.25, 0.3) is 0 Å². The summed E-state index contributed by atoms with van der Waals surface area (Å²) in [5.41, 5.74) is 8.51. The van der Waals surface area contributed by atoms with E-state index in [2.05, 4.69) is 41.2 Å². The maximum atomic E-state index is 5.99. The number of hydrogen-bond donors (Lipinski definition) is 1. The van der Waals surface area contributed by atoms with Crippen LogP contribution in [0.25, 0.3) is 0 Å². The summed E-state index contributed by atoms with van der Waals surface area (Å²) in [6.45, 7) is 4.23. The first-order valence-corrected chi connectivity index (χ1v) is 7.76. The van der Waals surface area contributed by atoms with E-state index in [4.69, 9.17) is 10.5 Å². The second kappa shape index (κ2) is 8.51. The molecule has 22 heavy (non-hydrogen) atoms. The van der Waals surface area contributed by atoms with E-state index < -0.39 is 0 Å². The topological polar surface area (TPSA) is 51.4 Å². The molecule has 1 atom stereocenters. The van der Waals surface area contributed by atoms with Crippen LogP contribution in [0.4, 0.5) is 0 Å². The third-order valence-electron chi connectivity index (χ3n) is 3.83. The summed E-state index contributed by atoms with van der Waals surface area (Å²) >= 11 is 0. The lowest BCUT2D eigenvalue weighted by Gasteiger charge is -2.27. The SMILES string of the molecule is CCOc1ccc(C(CN)N(C)CCc2ccncc2)cc1. The van der Waals surface area contributed by atoms with Gasteiger partial charge in [-0.25, -0.2) is 0 Å². The molecule has 1 aromatic heterocycles. The van der Waals surface area contributed by atoms with E-state index >= 15 is 0 Å². The van der Waals surface area contributed by atoms with Crippen LogP contribution in [0.1, 0.15) is 24.1 Å². The van der Waals surface area contributed by atoms with Gasteiger partial charge in [-0.3, -0.25) is 9.88 Å². The summed E-state index contributed by atoms with van der Waals surface area (Å²) in [7, 11) is 2.12. The summed E-state index contributed by atoms with van der Waals surface area (Å²) in [5.74, 6) is 0.904. The molecule has 2 aromatic rings. The van der Waals surface area contributed by atoms with Crippen LogP contribution in [0.3, 0.4) is 0 Å². The molecule has 1 unspecified atom stereocenters. The predicted octanol–water partition coefficient (Wildman–Crippen LogP) is 2.65. The fourth-order valence-corrected chi connectivity index (χ4v) is 2.53. The Kier molecular flexibility index (Phi) is 6.37. The monoisotopic (exact) mass is 299 g/mol. The molecule has 2 N–H and O–H groups in total. The fraction of sp³-hybridized carbons (Fsp3) is 0.389. The molecular weight excluding hydrogens is 274 g/mol. The Morgan fingerprint density at radius 2 is 1.82 bits per heavy atom. The van der Waals surface area contributed by atoms with Crippen molar-refractivity contribution < 1.29 is 4.74 Å². The van der Waals surface area contributed by atoms with E-state index in [1.54, 1.807) is 0 Å². The van der Waals surface area contributed by atoms with Gasteiger partial charge >= 0.3 is 0 Å². The van der Waals surface area contributed by atoms with E-state index in [-0.39, 0.29) is 6.04 Å². The number of nitrogens with zero attached hydrogens (tertiary/aromatic N) is 2. The van der Waals surface area contributed by atoms with E-state index in [0.717, 1.165) is 18.7 Å². The third kappa shape index (κ3) is 4.55. The third-order valence-corrected chi connectivity index (χ3v) is 3.83. The average Bonchev–Trinajstić information content (AvgIpc) is 2.56. The van der Waals surface area contributed by atoms with Crippen molar-refractivity contribution in [1.29, 1.82) is 0 Å². The standard InChI is InChI=1S/C18H25N3O/c1-3-22-17-6-4-16(5-7-17)18(14-19)21(2)13-10-15-8-11-20-12-9-15/h4-9,11-12,18H,3,10,13-14,19H2,1-2H3. The lowest BCUT2D eigenvalue weighted by Crippen LogP contribution is -2.32. The van der Waals surface area contributed by atoms with Crippen LogP contribution in [0, 0.1) is 0 Å². The van der Waals surface area contributed by atoms with Gasteiger partial charge in [-0.2, -0.15) is 0 Å². The molecule has 0 aliphatic heterocycles. The van der Waals surface area contributed by atoms with Gasteiger partial charge in [0.15, 0.2) is 0 Å². The Bertz CT molecular complexity index is 542. The molecule has 0 bridgehead atoms. The molecule has 0 saturated heterocycles. The van der Waals surface area contributed by atoms with Crippen molar-refractivity contribution in [3.05, 3.63) is 59.9 Å². The molecule has 1 heterocycles. The number of likely N-dealkylation sites (N-methyl/N-ethyl adjacent to an activating group) is 1. The molecule has 0 spiro atoms. The lowest BCUT2D eigenvalue weighted by atomic mass is 10.0. The van der Waals surface area contributed by atoms with Crippen LogP contribution < -0.4 is 10.5 Å². The fourth-order valence-electron chi connectivity index (χ4n) is 2.53. The molecule has 0 aliphatic rings. The van der Waals surface area contributed by atoms with E-state index in [0.29, 0.717) is 13.2 Å². The van der Waals surface area contributed by atoms with Crippen molar-refractivity contribution in [2.24, 2.45) is 5.73 Å². The molecule has 0 amide bonds. The Morgan fingerprint density at radius 1 is 1.14 bits per heavy atom.